The fourth-order valence-corrected chi connectivity index (χ4v) is 1.12. The second kappa shape index (κ2) is 2.48. The lowest BCUT2D eigenvalue weighted by molar-refractivity contribution is 0.378. The highest BCUT2D eigenvalue weighted by Gasteiger charge is 2.32. The third-order valence-corrected chi connectivity index (χ3v) is 2.58. The van der Waals surface area contributed by atoms with Gasteiger partial charge >= 0.3 is 0 Å². The molecule has 0 spiro atoms. The Balaban J connectivity index is 2.89. The Morgan fingerprint density at radius 1 is 1.70 bits per heavy atom. The smallest absolute Gasteiger partial charge is 0.113 e. The first-order valence-electron chi connectivity index (χ1n) is 2.95. The normalized spacial score (nSPS) is 39.5. The van der Waals surface area contributed by atoms with Gasteiger partial charge in [-0.25, -0.2) is 0 Å². The van der Waals surface area contributed by atoms with Gasteiger partial charge in [-0.05, 0) is 13.0 Å². The predicted molar refractivity (Wildman–Crippen MR) is 43.8 cm³/mol. The van der Waals surface area contributed by atoms with E-state index >= 15 is 0 Å². The molecule has 0 amide bonds. The van der Waals surface area contributed by atoms with E-state index < -0.39 is 10.3 Å². The molecule has 1 nitrogen and oxygen atoms in total. The van der Waals surface area contributed by atoms with E-state index in [0.29, 0.717) is 0 Å². The Morgan fingerprint density at radius 2 is 2.30 bits per heavy atom. The molecular weight excluding hydrogens is 171 g/mol. The van der Waals surface area contributed by atoms with Crippen LogP contribution in [0.15, 0.2) is 24.0 Å². The van der Waals surface area contributed by atoms with Crippen molar-refractivity contribution in [3.63, 3.8) is 0 Å². The highest BCUT2D eigenvalue weighted by molar-refractivity contribution is 6.34. The number of allylic oxidation sites excluding steroid dienone is 4. The summed E-state index contributed by atoms with van der Waals surface area (Å²) in [7, 11) is 0. The van der Waals surface area contributed by atoms with Gasteiger partial charge in [-0.2, -0.15) is 0 Å². The second-order valence-corrected chi connectivity index (χ2v) is 3.72. The van der Waals surface area contributed by atoms with E-state index in [2.05, 4.69) is 0 Å². The monoisotopic (exact) mass is 178 g/mol. The van der Waals surface area contributed by atoms with Gasteiger partial charge in [0.2, 0.25) is 0 Å². The summed E-state index contributed by atoms with van der Waals surface area (Å²) in [5, 5.41) is 8.59. The molecule has 0 aromatic carbocycles. The topological polar surface area (TPSA) is 20.2 Å². The van der Waals surface area contributed by atoms with E-state index in [1.54, 1.807) is 25.2 Å². The van der Waals surface area contributed by atoms with Gasteiger partial charge in [0.05, 0.1) is 4.87 Å². The fourth-order valence-electron chi connectivity index (χ4n) is 0.793. The number of aliphatic hydroxyl groups excluding tert-OH is 1. The van der Waals surface area contributed by atoms with Crippen LogP contribution in [0.5, 0.6) is 0 Å². The van der Waals surface area contributed by atoms with Crippen molar-refractivity contribution in [2.75, 3.05) is 0 Å². The third kappa shape index (κ3) is 1.30. The van der Waals surface area contributed by atoms with Crippen molar-refractivity contribution in [1.29, 1.82) is 0 Å². The summed E-state index contributed by atoms with van der Waals surface area (Å²) in [5.41, 5.74) is 0. The van der Waals surface area contributed by atoms with E-state index in [4.69, 9.17) is 28.3 Å². The molecule has 3 heteroatoms. The summed E-state index contributed by atoms with van der Waals surface area (Å²) in [6.45, 7) is 1.76. The van der Waals surface area contributed by atoms with Crippen LogP contribution in [0.2, 0.25) is 0 Å². The van der Waals surface area contributed by atoms with Gasteiger partial charge in [-0.3, -0.25) is 0 Å². The number of alkyl halides is 2. The van der Waals surface area contributed by atoms with E-state index in [1.807, 2.05) is 0 Å². The minimum atomic E-state index is -0.652. The first-order chi connectivity index (χ1) is 4.54. The molecule has 1 aliphatic carbocycles. The summed E-state index contributed by atoms with van der Waals surface area (Å²) in [4.78, 5) is -0.652. The lowest BCUT2D eigenvalue weighted by Gasteiger charge is -2.25. The van der Waals surface area contributed by atoms with Crippen LogP contribution in [0.1, 0.15) is 6.92 Å². The molecule has 0 saturated carbocycles. The van der Waals surface area contributed by atoms with Crippen LogP contribution < -0.4 is 0 Å². The predicted octanol–water partition coefficient (Wildman–Crippen LogP) is 2.60. The zero-order valence-electron chi connectivity index (χ0n) is 5.51. The number of rotatable bonds is 0. The molecule has 2 atom stereocenters. The molecule has 0 aromatic rings. The molecule has 1 aliphatic rings. The van der Waals surface area contributed by atoms with Crippen molar-refractivity contribution < 1.29 is 5.11 Å². The SMILES string of the molecule is CC1(Cl)C=CC=C(O)C1Cl. The molecule has 0 aromatic heterocycles. The van der Waals surface area contributed by atoms with E-state index in [1.165, 1.54) is 0 Å². The first kappa shape index (κ1) is 7.96. The average molecular weight is 179 g/mol. The van der Waals surface area contributed by atoms with Gasteiger partial charge in [0, 0.05) is 0 Å². The zero-order chi connectivity index (χ0) is 7.78. The lowest BCUT2D eigenvalue weighted by atomic mass is 10.0. The molecule has 0 aliphatic heterocycles. The highest BCUT2D eigenvalue weighted by atomic mass is 35.5. The average Bonchev–Trinajstić information content (AvgIpc) is 1.83. The van der Waals surface area contributed by atoms with Crippen molar-refractivity contribution in [2.24, 2.45) is 0 Å². The molecule has 1 rings (SSSR count). The van der Waals surface area contributed by atoms with Crippen LogP contribution in [0.3, 0.4) is 0 Å². The zero-order valence-corrected chi connectivity index (χ0v) is 7.02. The number of hydrogen-bond donors (Lipinski definition) is 1. The second-order valence-electron chi connectivity index (χ2n) is 2.46. The van der Waals surface area contributed by atoms with E-state index in [0.717, 1.165) is 0 Å². The maximum atomic E-state index is 9.11. The van der Waals surface area contributed by atoms with Crippen LogP contribution in [0.4, 0.5) is 0 Å². The van der Waals surface area contributed by atoms with E-state index in [9.17, 15) is 0 Å². The first-order valence-corrected chi connectivity index (χ1v) is 3.77. The Morgan fingerprint density at radius 3 is 2.70 bits per heavy atom. The fraction of sp³-hybridized carbons (Fsp3) is 0.429. The lowest BCUT2D eigenvalue weighted by Crippen LogP contribution is -2.30. The standard InChI is InChI=1S/C7H8Cl2O/c1-7(9)4-2-3-5(10)6(7)8/h2-4,6,10H,1H3. The Hall–Kier alpha value is -0.140. The molecule has 1 N–H and O–H groups in total. The van der Waals surface area contributed by atoms with Crippen LogP contribution in [-0.2, 0) is 0 Å². The van der Waals surface area contributed by atoms with Gasteiger partial charge in [0.1, 0.15) is 11.1 Å². The van der Waals surface area contributed by atoms with E-state index in [-0.39, 0.29) is 5.76 Å². The molecule has 10 heavy (non-hydrogen) atoms. The molecule has 0 radical (unpaired) electrons. The Labute approximate surface area is 69.9 Å². The molecule has 0 fully saturated rings. The van der Waals surface area contributed by atoms with Crippen molar-refractivity contribution >= 4 is 23.2 Å². The van der Waals surface area contributed by atoms with Gasteiger partial charge in [-0.15, -0.1) is 23.2 Å². The minimum absolute atomic E-state index is 0.127. The number of hydrogen-bond acceptors (Lipinski definition) is 1. The maximum Gasteiger partial charge on any atom is 0.113 e. The molecule has 0 bridgehead atoms. The molecule has 56 valence electrons. The van der Waals surface area contributed by atoms with Gasteiger partial charge in [0.25, 0.3) is 0 Å². The summed E-state index contributed by atoms with van der Waals surface area (Å²) in [6, 6.07) is 0. The third-order valence-electron chi connectivity index (χ3n) is 1.44. The number of aliphatic hydroxyl groups is 1. The summed E-state index contributed by atoms with van der Waals surface area (Å²) in [6.07, 6.45) is 4.99. The van der Waals surface area contributed by atoms with Gasteiger partial charge in [-0.1, -0.05) is 12.2 Å². The van der Waals surface area contributed by atoms with Gasteiger partial charge in [0.15, 0.2) is 0 Å². The van der Waals surface area contributed by atoms with Crippen LogP contribution in [-0.4, -0.2) is 15.4 Å². The quantitative estimate of drug-likeness (QED) is 0.566. The van der Waals surface area contributed by atoms with Crippen LogP contribution >= 0.6 is 23.2 Å². The van der Waals surface area contributed by atoms with Crippen molar-refractivity contribution in [1.82, 2.24) is 0 Å². The Kier molecular flexibility index (Phi) is 1.97. The van der Waals surface area contributed by atoms with Crippen molar-refractivity contribution in [2.45, 2.75) is 17.2 Å². The molecule has 0 saturated heterocycles. The van der Waals surface area contributed by atoms with Gasteiger partial charge < -0.3 is 5.11 Å². The molecular formula is C7H8Cl2O. The highest BCUT2D eigenvalue weighted by Crippen LogP contribution is 2.32. The minimum Gasteiger partial charge on any atom is -0.511 e. The summed E-state index contributed by atoms with van der Waals surface area (Å²) in [5.74, 6) is 0.127. The van der Waals surface area contributed by atoms with Crippen molar-refractivity contribution in [3.05, 3.63) is 24.0 Å². The molecule has 2 unspecified atom stereocenters. The number of halogens is 2. The van der Waals surface area contributed by atoms with Crippen LogP contribution in [0, 0.1) is 0 Å². The summed E-state index contributed by atoms with van der Waals surface area (Å²) >= 11 is 11.7. The summed E-state index contributed by atoms with van der Waals surface area (Å²) < 4.78 is 0. The van der Waals surface area contributed by atoms with Crippen LogP contribution in [0.25, 0.3) is 0 Å². The largest absolute Gasteiger partial charge is 0.511 e. The molecule has 0 heterocycles. The Bertz CT molecular complexity index is 194. The van der Waals surface area contributed by atoms with Crippen molar-refractivity contribution in [3.8, 4) is 0 Å². The maximum absolute atomic E-state index is 9.11.